The maximum atomic E-state index is 11.7. The summed E-state index contributed by atoms with van der Waals surface area (Å²) in [4.78, 5) is 11.7. The van der Waals surface area contributed by atoms with Crippen molar-refractivity contribution < 1.29 is 14.6 Å². The van der Waals surface area contributed by atoms with E-state index in [2.05, 4.69) is 10.5 Å². The maximum absolute atomic E-state index is 11.7. The highest BCUT2D eigenvalue weighted by Crippen LogP contribution is 2.37. The lowest BCUT2D eigenvalue weighted by atomic mass is 10.1. The minimum atomic E-state index is -1.20. The minimum absolute atomic E-state index is 0.233. The number of nitrogens with zero attached hydrogens (tertiary/aromatic N) is 2. The van der Waals surface area contributed by atoms with Crippen molar-refractivity contribution in [3.05, 3.63) is 94.6 Å². The molecule has 7 heteroatoms. The first kappa shape index (κ1) is 18.7. The molecule has 2 unspecified atom stereocenters. The molecule has 0 bridgehead atoms. The van der Waals surface area contributed by atoms with Gasteiger partial charge < -0.3 is 26.1 Å². The lowest BCUT2D eigenvalue weighted by Crippen LogP contribution is -2.18. The van der Waals surface area contributed by atoms with Crippen LogP contribution >= 0.6 is 11.6 Å². The van der Waals surface area contributed by atoms with E-state index in [1.165, 1.54) is 6.07 Å². The van der Waals surface area contributed by atoms with E-state index < -0.39 is 18.1 Å². The number of ether oxygens (including phenoxy) is 1. The molecule has 0 heterocycles. The minimum Gasteiger partial charge on any atom is -0.666 e. The zero-order valence-corrected chi connectivity index (χ0v) is 14.9. The zero-order chi connectivity index (χ0) is 19.2. The molecule has 2 atom stereocenters. The summed E-state index contributed by atoms with van der Waals surface area (Å²) in [6, 6.07) is 12.7. The first-order chi connectivity index (χ1) is 13.0. The molecule has 0 fully saturated rings. The summed E-state index contributed by atoms with van der Waals surface area (Å²) in [5.74, 6) is -0.892. The largest absolute Gasteiger partial charge is 0.666 e. The molecular weight excluding hydrogens is 366 g/mol. The Hall–Kier alpha value is -3.09. The quantitative estimate of drug-likeness (QED) is 0.673. The maximum Gasteiger partial charge on any atom is 0.349 e. The summed E-state index contributed by atoms with van der Waals surface area (Å²) < 4.78 is 5.71. The summed E-state index contributed by atoms with van der Waals surface area (Å²) in [5, 5.41) is 14.1. The van der Waals surface area contributed by atoms with E-state index in [1.54, 1.807) is 66.8 Å². The van der Waals surface area contributed by atoms with Crippen LogP contribution in [0.15, 0.2) is 77.9 Å². The zero-order valence-electron chi connectivity index (χ0n) is 14.1. The molecule has 0 aliphatic heterocycles. The van der Waals surface area contributed by atoms with E-state index in [4.69, 9.17) is 22.1 Å². The van der Waals surface area contributed by atoms with E-state index in [9.17, 15) is 9.90 Å². The van der Waals surface area contributed by atoms with Crippen molar-refractivity contribution in [1.82, 2.24) is 0 Å². The fourth-order valence-corrected chi connectivity index (χ4v) is 2.59. The molecule has 0 radical (unpaired) electrons. The number of rotatable bonds is 6. The van der Waals surface area contributed by atoms with Crippen LogP contribution in [0, 0.1) is 0 Å². The van der Waals surface area contributed by atoms with E-state index in [1.807, 2.05) is 0 Å². The molecule has 2 aromatic rings. The Morgan fingerprint density at radius 2 is 2.00 bits per heavy atom. The van der Waals surface area contributed by atoms with Crippen molar-refractivity contribution in [3.63, 3.8) is 0 Å². The van der Waals surface area contributed by atoms with Gasteiger partial charge in [0.1, 0.15) is 5.75 Å². The molecule has 138 valence electrons. The summed E-state index contributed by atoms with van der Waals surface area (Å²) in [6.07, 6.45) is 5.71. The Labute approximate surface area is 161 Å². The van der Waals surface area contributed by atoms with Crippen LogP contribution in [0.5, 0.6) is 5.75 Å². The number of carboxylic acids is 1. The highest BCUT2D eigenvalue weighted by Gasteiger charge is 2.22. The van der Waals surface area contributed by atoms with Crippen LogP contribution in [0.2, 0.25) is 5.02 Å². The van der Waals surface area contributed by atoms with Crippen molar-refractivity contribution in [2.75, 3.05) is 0 Å². The molecule has 0 saturated carbocycles. The number of halogens is 1. The molecule has 6 nitrogen and oxygen atoms in total. The number of carbonyl (C=O) groups is 1. The predicted molar refractivity (Wildman–Crippen MR) is 106 cm³/mol. The normalized spacial score (nSPS) is 18.3. The van der Waals surface area contributed by atoms with Crippen molar-refractivity contribution in [1.29, 1.82) is 0 Å². The smallest absolute Gasteiger partial charge is 0.349 e. The molecule has 27 heavy (non-hydrogen) atoms. The summed E-state index contributed by atoms with van der Waals surface area (Å²) in [5.41, 5.74) is 13.3. The van der Waals surface area contributed by atoms with Gasteiger partial charge in [-0.25, -0.2) is 4.79 Å². The van der Waals surface area contributed by atoms with Crippen LogP contribution in [-0.4, -0.2) is 22.8 Å². The van der Waals surface area contributed by atoms with Crippen molar-refractivity contribution >= 4 is 29.0 Å². The molecule has 0 amide bonds. The molecule has 0 aromatic heterocycles. The van der Waals surface area contributed by atoms with Crippen molar-refractivity contribution in [2.45, 2.75) is 12.1 Å². The SMILES string of the molecule is [NH-]C1C=CC=C/C1=N/[N-]c1cc(Cl)ccc1OC(C(=O)O)c1ccccc1. The van der Waals surface area contributed by atoms with Gasteiger partial charge in [-0.15, -0.1) is 0 Å². The van der Waals surface area contributed by atoms with E-state index in [0.717, 1.165) is 0 Å². The fraction of sp³-hybridized carbons (Fsp3) is 0.100. The van der Waals surface area contributed by atoms with Gasteiger partial charge in [-0.2, -0.15) is 0 Å². The highest BCUT2D eigenvalue weighted by molar-refractivity contribution is 6.31. The van der Waals surface area contributed by atoms with Crippen LogP contribution in [0.4, 0.5) is 5.69 Å². The summed E-state index contributed by atoms with van der Waals surface area (Å²) in [6.45, 7) is 0. The first-order valence-electron chi connectivity index (χ1n) is 8.13. The third-order valence-corrected chi connectivity index (χ3v) is 4.00. The Morgan fingerprint density at radius 1 is 1.22 bits per heavy atom. The predicted octanol–water partition coefficient (Wildman–Crippen LogP) is 5.45. The van der Waals surface area contributed by atoms with Gasteiger partial charge in [0.2, 0.25) is 6.10 Å². The highest BCUT2D eigenvalue weighted by atomic mass is 35.5. The van der Waals surface area contributed by atoms with Gasteiger partial charge in [0.15, 0.2) is 0 Å². The first-order valence-corrected chi connectivity index (χ1v) is 8.51. The number of aliphatic carboxylic acids is 1. The van der Waals surface area contributed by atoms with E-state index >= 15 is 0 Å². The van der Waals surface area contributed by atoms with Crippen LogP contribution in [0.1, 0.15) is 11.7 Å². The number of allylic oxidation sites excluding steroid dienone is 2. The van der Waals surface area contributed by atoms with Crippen LogP contribution < -0.4 is 4.74 Å². The van der Waals surface area contributed by atoms with Crippen molar-refractivity contribution in [2.24, 2.45) is 5.10 Å². The molecule has 2 aromatic carbocycles. The molecule has 0 spiro atoms. The topological polar surface area (TPSA) is 96.8 Å². The molecule has 3 rings (SSSR count). The summed E-state index contributed by atoms with van der Waals surface area (Å²) in [7, 11) is 0. The van der Waals surface area contributed by atoms with Gasteiger partial charge in [-0.1, -0.05) is 78.0 Å². The Balaban J connectivity index is 1.87. The monoisotopic (exact) mass is 381 g/mol. The molecule has 1 aliphatic carbocycles. The van der Waals surface area contributed by atoms with E-state index in [-0.39, 0.29) is 11.4 Å². The average Bonchev–Trinajstić information content (AvgIpc) is 2.67. The standard InChI is InChI=1S/C20H16ClN3O3/c21-14-10-11-18(27-19(20(25)26)13-6-2-1-3-7-13)17(12-14)24-23-16-9-5-4-8-15(16)22/h1-12,15,19,22H,(H,25,26)/q-2/b23-16-. The fourth-order valence-electron chi connectivity index (χ4n) is 2.42. The van der Waals surface area contributed by atoms with E-state index in [0.29, 0.717) is 16.3 Å². The molecular formula is C20H16ClN3O3-2. The van der Waals surface area contributed by atoms with Gasteiger partial charge in [0.05, 0.1) is 0 Å². The van der Waals surface area contributed by atoms with Crippen molar-refractivity contribution in [3.8, 4) is 5.75 Å². The van der Waals surface area contributed by atoms with Gasteiger partial charge >= 0.3 is 5.97 Å². The second-order valence-electron chi connectivity index (χ2n) is 5.71. The van der Waals surface area contributed by atoms with Crippen LogP contribution in [-0.2, 0) is 4.79 Å². The number of hydrogen-bond donors (Lipinski definition) is 1. The lowest BCUT2D eigenvalue weighted by Gasteiger charge is -2.27. The Bertz CT molecular complexity index is 910. The lowest BCUT2D eigenvalue weighted by molar-refractivity contribution is -0.145. The van der Waals surface area contributed by atoms with Crippen LogP contribution in [0.3, 0.4) is 0 Å². The van der Waals surface area contributed by atoms with Gasteiger partial charge in [-0.05, 0) is 18.2 Å². The Morgan fingerprint density at radius 3 is 2.70 bits per heavy atom. The van der Waals surface area contributed by atoms with Gasteiger partial charge in [-0.3, -0.25) is 0 Å². The number of benzene rings is 2. The number of nitrogens with one attached hydrogen (secondary N) is 1. The second-order valence-corrected chi connectivity index (χ2v) is 6.14. The molecule has 2 N–H and O–H groups in total. The number of carboxylic acid groups (broad SMARTS) is 1. The third kappa shape index (κ3) is 4.75. The second kappa shape index (κ2) is 8.53. The van der Waals surface area contributed by atoms with Crippen LogP contribution in [0.25, 0.3) is 11.2 Å². The third-order valence-electron chi connectivity index (χ3n) is 3.77. The molecule has 0 saturated heterocycles. The summed E-state index contributed by atoms with van der Waals surface area (Å²) >= 11 is 6.04. The Kier molecular flexibility index (Phi) is 5.90. The van der Waals surface area contributed by atoms with Gasteiger partial charge in [0, 0.05) is 16.3 Å². The number of hydrogen-bond acceptors (Lipinski definition) is 3. The molecule has 1 aliphatic rings. The van der Waals surface area contributed by atoms with Gasteiger partial charge in [0.25, 0.3) is 0 Å². The average molecular weight is 382 g/mol.